The molecule has 0 aliphatic carbocycles. The molecule has 0 fully saturated rings. The first-order valence-corrected chi connectivity index (χ1v) is 9.37. The van der Waals surface area contributed by atoms with Gasteiger partial charge in [0.15, 0.2) is 0 Å². The molecule has 0 spiro atoms. The van der Waals surface area contributed by atoms with Crippen LogP contribution in [0, 0.1) is 0 Å². The number of carbonyl (C=O) groups excluding carboxylic acids is 1. The van der Waals surface area contributed by atoms with E-state index in [1.165, 1.54) is 0 Å². The van der Waals surface area contributed by atoms with Crippen molar-refractivity contribution in [2.45, 2.75) is 13.0 Å². The minimum atomic E-state index is -0.139. The van der Waals surface area contributed by atoms with Crippen LogP contribution in [0.2, 0.25) is 5.02 Å². The fourth-order valence-electron chi connectivity index (χ4n) is 2.68. The molecule has 0 aliphatic rings. The zero-order valence-electron chi connectivity index (χ0n) is 15.6. The van der Waals surface area contributed by atoms with E-state index in [9.17, 15) is 4.79 Å². The molecule has 6 heteroatoms. The number of hydrogen-bond donors (Lipinski definition) is 2. The number of hydrogen-bond acceptors (Lipinski definition) is 4. The van der Waals surface area contributed by atoms with E-state index in [1.807, 2.05) is 48.5 Å². The fourth-order valence-corrected chi connectivity index (χ4v) is 2.80. The molecule has 0 bridgehead atoms. The van der Waals surface area contributed by atoms with Crippen molar-refractivity contribution in [2.75, 3.05) is 19.0 Å². The molecule has 1 aromatic heterocycles. The van der Waals surface area contributed by atoms with Crippen molar-refractivity contribution in [3.05, 3.63) is 88.6 Å². The average Bonchev–Trinajstić information content (AvgIpc) is 2.74. The van der Waals surface area contributed by atoms with Crippen molar-refractivity contribution in [1.82, 2.24) is 10.3 Å². The van der Waals surface area contributed by atoms with Crippen molar-refractivity contribution in [2.24, 2.45) is 0 Å². The summed E-state index contributed by atoms with van der Waals surface area (Å²) in [6.07, 6.45) is 2.31. The third-order valence-electron chi connectivity index (χ3n) is 4.25. The number of rotatable bonds is 8. The van der Waals surface area contributed by atoms with Gasteiger partial charge in [0.1, 0.15) is 11.6 Å². The number of halogens is 1. The zero-order valence-corrected chi connectivity index (χ0v) is 16.4. The lowest BCUT2D eigenvalue weighted by atomic mass is 10.1. The third kappa shape index (κ3) is 5.72. The Morgan fingerprint density at radius 2 is 1.89 bits per heavy atom. The van der Waals surface area contributed by atoms with Gasteiger partial charge in [-0.2, -0.15) is 0 Å². The average molecular weight is 396 g/mol. The number of carbonyl (C=O) groups is 1. The summed E-state index contributed by atoms with van der Waals surface area (Å²) in [6, 6.07) is 19.0. The van der Waals surface area contributed by atoms with Crippen LogP contribution in [0.3, 0.4) is 0 Å². The lowest BCUT2D eigenvalue weighted by Crippen LogP contribution is -2.25. The van der Waals surface area contributed by atoms with Gasteiger partial charge in [0.25, 0.3) is 5.91 Å². The molecule has 2 aromatic carbocycles. The highest BCUT2D eigenvalue weighted by Crippen LogP contribution is 2.13. The summed E-state index contributed by atoms with van der Waals surface area (Å²) in [4.78, 5) is 16.6. The van der Waals surface area contributed by atoms with Crippen LogP contribution in [0.5, 0.6) is 5.75 Å². The third-order valence-corrected chi connectivity index (χ3v) is 4.50. The van der Waals surface area contributed by atoms with Crippen LogP contribution in [0.15, 0.2) is 66.9 Å². The number of benzene rings is 2. The highest BCUT2D eigenvalue weighted by molar-refractivity contribution is 6.30. The number of nitrogens with zero attached hydrogens (tertiary/aromatic N) is 1. The topological polar surface area (TPSA) is 63.2 Å². The summed E-state index contributed by atoms with van der Waals surface area (Å²) in [7, 11) is 1.64. The molecule has 0 unspecified atom stereocenters. The van der Waals surface area contributed by atoms with Gasteiger partial charge in [-0.1, -0.05) is 35.9 Å². The molecule has 0 saturated heterocycles. The number of anilines is 1. The highest BCUT2D eigenvalue weighted by atomic mass is 35.5. The summed E-state index contributed by atoms with van der Waals surface area (Å²) in [6.45, 7) is 1.18. The number of methoxy groups -OCH3 is 1. The van der Waals surface area contributed by atoms with Gasteiger partial charge in [0, 0.05) is 24.3 Å². The van der Waals surface area contributed by atoms with Crippen LogP contribution in [0.25, 0.3) is 0 Å². The first kappa shape index (κ1) is 19.7. The molecular weight excluding hydrogens is 374 g/mol. The van der Waals surface area contributed by atoms with Crippen molar-refractivity contribution >= 4 is 23.3 Å². The van der Waals surface area contributed by atoms with Gasteiger partial charge < -0.3 is 15.4 Å². The predicted octanol–water partition coefficient (Wildman–Crippen LogP) is 4.33. The maximum Gasteiger partial charge on any atom is 0.252 e. The molecular formula is C22H22ClN3O2. The Morgan fingerprint density at radius 3 is 2.61 bits per heavy atom. The summed E-state index contributed by atoms with van der Waals surface area (Å²) < 4.78 is 5.21. The molecule has 5 nitrogen and oxygen atoms in total. The molecule has 0 aliphatic heterocycles. The first-order valence-electron chi connectivity index (χ1n) is 8.99. The van der Waals surface area contributed by atoms with E-state index in [0.717, 1.165) is 23.3 Å². The number of pyridine rings is 1. The molecule has 1 amide bonds. The molecule has 2 N–H and O–H groups in total. The fraction of sp³-hybridized carbons (Fsp3) is 0.182. The maximum absolute atomic E-state index is 12.3. The minimum Gasteiger partial charge on any atom is -0.497 e. The maximum atomic E-state index is 12.3. The lowest BCUT2D eigenvalue weighted by Gasteiger charge is -2.08. The lowest BCUT2D eigenvalue weighted by molar-refractivity contribution is 0.0954. The van der Waals surface area contributed by atoms with Crippen LogP contribution in [-0.4, -0.2) is 24.5 Å². The van der Waals surface area contributed by atoms with E-state index >= 15 is 0 Å². The second-order valence-electron chi connectivity index (χ2n) is 6.27. The summed E-state index contributed by atoms with van der Waals surface area (Å²) >= 11 is 5.88. The Morgan fingerprint density at radius 1 is 1.07 bits per heavy atom. The largest absolute Gasteiger partial charge is 0.497 e. The van der Waals surface area contributed by atoms with Gasteiger partial charge in [-0.05, 0) is 53.9 Å². The summed E-state index contributed by atoms with van der Waals surface area (Å²) in [5.74, 6) is 1.39. The second kappa shape index (κ2) is 9.76. The number of amides is 1. The summed E-state index contributed by atoms with van der Waals surface area (Å²) in [5, 5.41) is 6.85. The molecule has 3 aromatic rings. The quantitative estimate of drug-likeness (QED) is 0.596. The van der Waals surface area contributed by atoms with Gasteiger partial charge >= 0.3 is 0 Å². The van der Waals surface area contributed by atoms with E-state index in [0.29, 0.717) is 29.5 Å². The van der Waals surface area contributed by atoms with Crippen LogP contribution in [0.4, 0.5) is 5.82 Å². The Kier molecular flexibility index (Phi) is 6.87. The Balaban J connectivity index is 1.47. The molecule has 3 rings (SSSR count). The van der Waals surface area contributed by atoms with Crippen LogP contribution >= 0.6 is 11.6 Å². The van der Waals surface area contributed by atoms with Gasteiger partial charge in [-0.25, -0.2) is 4.98 Å². The van der Waals surface area contributed by atoms with Crippen molar-refractivity contribution < 1.29 is 9.53 Å². The molecule has 0 atom stereocenters. The van der Waals surface area contributed by atoms with Gasteiger partial charge in [0.2, 0.25) is 0 Å². The summed E-state index contributed by atoms with van der Waals surface area (Å²) in [5.41, 5.74) is 2.74. The van der Waals surface area contributed by atoms with E-state index in [-0.39, 0.29) is 5.91 Å². The van der Waals surface area contributed by atoms with Crippen LogP contribution in [-0.2, 0) is 13.0 Å². The molecule has 0 saturated carbocycles. The minimum absolute atomic E-state index is 0.139. The van der Waals surface area contributed by atoms with Gasteiger partial charge in [-0.15, -0.1) is 0 Å². The van der Waals surface area contributed by atoms with Crippen LogP contribution < -0.4 is 15.4 Å². The van der Waals surface area contributed by atoms with E-state index in [2.05, 4.69) is 15.6 Å². The van der Waals surface area contributed by atoms with E-state index in [1.54, 1.807) is 25.4 Å². The van der Waals surface area contributed by atoms with Crippen molar-refractivity contribution in [3.63, 3.8) is 0 Å². The standard InChI is InChI=1S/C22H22ClN3O2/c1-28-20-4-2-3-16(13-20)11-12-24-22(27)18-7-10-21(26-15-18)25-14-17-5-8-19(23)9-6-17/h2-10,13,15H,11-12,14H2,1H3,(H,24,27)(H,25,26). The normalized spacial score (nSPS) is 10.4. The highest BCUT2D eigenvalue weighted by Gasteiger charge is 2.06. The second-order valence-corrected chi connectivity index (χ2v) is 6.71. The Hall–Kier alpha value is -3.05. The smallest absolute Gasteiger partial charge is 0.252 e. The first-order chi connectivity index (χ1) is 13.6. The Labute approximate surface area is 169 Å². The van der Waals surface area contributed by atoms with Crippen LogP contribution in [0.1, 0.15) is 21.5 Å². The van der Waals surface area contributed by atoms with E-state index in [4.69, 9.17) is 16.3 Å². The Bertz CT molecular complexity index is 912. The van der Waals surface area contributed by atoms with Crippen molar-refractivity contribution in [3.8, 4) is 5.75 Å². The monoisotopic (exact) mass is 395 g/mol. The molecule has 28 heavy (non-hydrogen) atoms. The number of nitrogens with one attached hydrogen (secondary N) is 2. The number of ether oxygens (including phenoxy) is 1. The van der Waals surface area contributed by atoms with Crippen molar-refractivity contribution in [1.29, 1.82) is 0 Å². The number of aromatic nitrogens is 1. The zero-order chi connectivity index (χ0) is 19.8. The van der Waals surface area contributed by atoms with Gasteiger partial charge in [-0.3, -0.25) is 4.79 Å². The van der Waals surface area contributed by atoms with E-state index < -0.39 is 0 Å². The molecule has 144 valence electrons. The predicted molar refractivity (Wildman–Crippen MR) is 112 cm³/mol. The molecule has 0 radical (unpaired) electrons. The SMILES string of the molecule is COc1cccc(CCNC(=O)c2ccc(NCc3ccc(Cl)cc3)nc2)c1. The van der Waals surface area contributed by atoms with Gasteiger partial charge in [0.05, 0.1) is 12.7 Å². The molecule has 1 heterocycles.